The van der Waals surface area contributed by atoms with E-state index < -0.39 is 0 Å². The van der Waals surface area contributed by atoms with Gasteiger partial charge in [0.05, 0.1) is 12.7 Å². The van der Waals surface area contributed by atoms with Gasteiger partial charge in [-0.05, 0) is 12.3 Å². The van der Waals surface area contributed by atoms with Crippen molar-refractivity contribution in [3.63, 3.8) is 0 Å². The fourth-order valence-corrected chi connectivity index (χ4v) is 3.20. The lowest BCUT2D eigenvalue weighted by molar-refractivity contribution is -0.119. The van der Waals surface area contributed by atoms with Crippen molar-refractivity contribution in [2.45, 2.75) is 31.1 Å². The molecule has 1 aliphatic heterocycles. The highest BCUT2D eigenvalue weighted by Gasteiger charge is 2.61. The number of rotatable bonds is 3. The molecule has 1 saturated heterocycles. The van der Waals surface area contributed by atoms with Crippen LogP contribution in [0.3, 0.4) is 0 Å². The lowest BCUT2D eigenvalue weighted by Crippen LogP contribution is -2.43. The van der Waals surface area contributed by atoms with Crippen LogP contribution in [-0.4, -0.2) is 46.4 Å². The summed E-state index contributed by atoms with van der Waals surface area (Å²) in [5, 5.41) is 0. The molecule has 0 amide bonds. The molecule has 2 unspecified atom stereocenters. The van der Waals surface area contributed by atoms with E-state index in [1.54, 1.807) is 14.2 Å². The Morgan fingerprint density at radius 1 is 1.50 bits per heavy atom. The summed E-state index contributed by atoms with van der Waals surface area (Å²) in [5.41, 5.74) is -0.299. The van der Waals surface area contributed by atoms with E-state index in [1.807, 2.05) is 0 Å². The van der Waals surface area contributed by atoms with Crippen molar-refractivity contribution in [2.75, 3.05) is 20.8 Å². The summed E-state index contributed by atoms with van der Waals surface area (Å²) in [6, 6.07) is -0.196. The Morgan fingerprint density at radius 3 is 2.71 bits per heavy atom. The first-order valence-corrected chi connectivity index (χ1v) is 5.10. The number of ether oxygens (including phenoxy) is 3. The molecule has 2 radical (unpaired) electrons. The van der Waals surface area contributed by atoms with Gasteiger partial charge in [-0.2, -0.15) is 0 Å². The second-order valence-electron chi connectivity index (χ2n) is 4.50. The highest BCUT2D eigenvalue weighted by atomic mass is 16.6. The Bertz CT molecular complexity index is 209. The fourth-order valence-electron chi connectivity index (χ4n) is 3.20. The Balaban J connectivity index is 2.23. The van der Waals surface area contributed by atoms with Crippen LogP contribution < -0.4 is 0 Å². The van der Waals surface area contributed by atoms with Crippen molar-refractivity contribution in [3.05, 3.63) is 0 Å². The molecule has 1 aliphatic carbocycles. The average molecular weight is 196 g/mol. The molecule has 0 aromatic heterocycles. The van der Waals surface area contributed by atoms with Gasteiger partial charge in [0.2, 0.25) is 0 Å². The van der Waals surface area contributed by atoms with Crippen molar-refractivity contribution >= 4 is 7.85 Å². The highest BCUT2D eigenvalue weighted by Crippen LogP contribution is 2.51. The SMILES string of the molecule is [B][C@@H]1O[C@]2(COC)CC(C)[C@H]1C2OC. The van der Waals surface area contributed by atoms with Gasteiger partial charge in [-0.1, -0.05) is 6.92 Å². The van der Waals surface area contributed by atoms with E-state index >= 15 is 0 Å². The summed E-state index contributed by atoms with van der Waals surface area (Å²) in [5.74, 6) is 0.869. The molecule has 0 aromatic rings. The van der Waals surface area contributed by atoms with Gasteiger partial charge < -0.3 is 14.2 Å². The standard InChI is InChI=1S/C10H17BO3/c1-6-4-10(5-12-2)8(13-3)7(6)9(11)14-10/h6-9H,4-5H2,1-3H3/t6?,7-,8?,9+,10-/m0/s1. The third kappa shape index (κ3) is 1.24. The lowest BCUT2D eigenvalue weighted by atomic mass is 9.80. The summed E-state index contributed by atoms with van der Waals surface area (Å²) in [4.78, 5) is 0. The van der Waals surface area contributed by atoms with Gasteiger partial charge in [-0.3, -0.25) is 0 Å². The summed E-state index contributed by atoms with van der Waals surface area (Å²) >= 11 is 0. The van der Waals surface area contributed by atoms with Crippen LogP contribution in [0.5, 0.6) is 0 Å². The van der Waals surface area contributed by atoms with Crippen LogP contribution in [0.4, 0.5) is 0 Å². The summed E-state index contributed by atoms with van der Waals surface area (Å²) in [6.07, 6.45) is 1.07. The van der Waals surface area contributed by atoms with Gasteiger partial charge in [-0.15, -0.1) is 0 Å². The van der Waals surface area contributed by atoms with Gasteiger partial charge >= 0.3 is 0 Å². The fraction of sp³-hybridized carbons (Fsp3) is 1.00. The van der Waals surface area contributed by atoms with Gasteiger partial charge in [0.1, 0.15) is 13.4 Å². The van der Waals surface area contributed by atoms with E-state index in [0.717, 1.165) is 6.42 Å². The summed E-state index contributed by atoms with van der Waals surface area (Å²) in [7, 11) is 9.34. The smallest absolute Gasteiger partial charge is 0.117 e. The van der Waals surface area contributed by atoms with Crippen LogP contribution in [0.15, 0.2) is 0 Å². The monoisotopic (exact) mass is 196 g/mol. The molecule has 2 aliphatic rings. The minimum absolute atomic E-state index is 0.0902. The predicted octanol–water partition coefficient (Wildman–Crippen LogP) is 0.567. The van der Waals surface area contributed by atoms with Crippen LogP contribution in [0.1, 0.15) is 13.3 Å². The maximum Gasteiger partial charge on any atom is 0.117 e. The molecule has 0 spiro atoms. The second kappa shape index (κ2) is 3.51. The molecule has 2 bridgehead atoms. The normalized spacial score (nSPS) is 51.4. The summed E-state index contributed by atoms with van der Waals surface area (Å²) in [6.45, 7) is 2.77. The quantitative estimate of drug-likeness (QED) is 0.617. The minimum Gasteiger partial charge on any atom is -0.382 e. The first kappa shape index (κ1) is 10.5. The first-order chi connectivity index (χ1) is 6.64. The zero-order valence-electron chi connectivity index (χ0n) is 9.03. The molecular weight excluding hydrogens is 179 g/mol. The lowest BCUT2D eigenvalue weighted by Gasteiger charge is -2.32. The van der Waals surface area contributed by atoms with Crippen molar-refractivity contribution in [1.82, 2.24) is 0 Å². The van der Waals surface area contributed by atoms with Crippen molar-refractivity contribution in [3.8, 4) is 0 Å². The zero-order valence-corrected chi connectivity index (χ0v) is 9.03. The van der Waals surface area contributed by atoms with Gasteiger partial charge in [0.25, 0.3) is 0 Å². The van der Waals surface area contributed by atoms with Crippen LogP contribution in [0.25, 0.3) is 0 Å². The Hall–Kier alpha value is -0.0551. The van der Waals surface area contributed by atoms with Gasteiger partial charge in [0.15, 0.2) is 0 Å². The minimum atomic E-state index is -0.299. The van der Waals surface area contributed by atoms with Crippen LogP contribution in [-0.2, 0) is 14.2 Å². The number of fused-ring (bicyclic) bond motifs is 2. The maximum absolute atomic E-state index is 5.93. The predicted molar refractivity (Wildman–Crippen MR) is 53.3 cm³/mol. The first-order valence-electron chi connectivity index (χ1n) is 5.10. The Labute approximate surface area is 86.5 Å². The molecule has 2 rings (SSSR count). The van der Waals surface area contributed by atoms with Crippen LogP contribution in [0, 0.1) is 11.8 Å². The van der Waals surface area contributed by atoms with E-state index in [4.69, 9.17) is 22.1 Å². The molecule has 3 nitrogen and oxygen atoms in total. The number of hydrogen-bond donors (Lipinski definition) is 0. The highest BCUT2D eigenvalue weighted by molar-refractivity contribution is 6.11. The van der Waals surface area contributed by atoms with Crippen LogP contribution >= 0.6 is 0 Å². The second-order valence-corrected chi connectivity index (χ2v) is 4.50. The van der Waals surface area contributed by atoms with Crippen LogP contribution in [0.2, 0.25) is 0 Å². The number of methoxy groups -OCH3 is 2. The third-order valence-electron chi connectivity index (χ3n) is 3.59. The molecule has 4 heteroatoms. The zero-order chi connectivity index (χ0) is 10.3. The van der Waals surface area contributed by atoms with Crippen molar-refractivity contribution < 1.29 is 14.2 Å². The molecule has 2 fully saturated rings. The van der Waals surface area contributed by atoms with Gasteiger partial charge in [0, 0.05) is 26.1 Å². The topological polar surface area (TPSA) is 27.7 Å². The Kier molecular flexibility index (Phi) is 2.62. The summed E-state index contributed by atoms with van der Waals surface area (Å²) < 4.78 is 16.5. The number of hydrogen-bond acceptors (Lipinski definition) is 3. The van der Waals surface area contributed by atoms with E-state index in [1.165, 1.54) is 0 Å². The molecule has 0 aromatic carbocycles. The molecule has 1 heterocycles. The van der Waals surface area contributed by atoms with Crippen molar-refractivity contribution in [1.29, 1.82) is 0 Å². The Morgan fingerprint density at radius 2 is 2.21 bits per heavy atom. The average Bonchev–Trinajstić information content (AvgIpc) is 2.51. The molecule has 5 atom stereocenters. The van der Waals surface area contributed by atoms with Gasteiger partial charge in [-0.25, -0.2) is 0 Å². The molecule has 14 heavy (non-hydrogen) atoms. The molecular formula is C10H17BO3. The van der Waals surface area contributed by atoms with E-state index in [-0.39, 0.29) is 17.7 Å². The van der Waals surface area contributed by atoms with E-state index in [0.29, 0.717) is 18.4 Å². The largest absolute Gasteiger partial charge is 0.382 e. The third-order valence-corrected chi connectivity index (χ3v) is 3.59. The van der Waals surface area contributed by atoms with E-state index in [9.17, 15) is 0 Å². The molecule has 0 N–H and O–H groups in total. The molecule has 78 valence electrons. The maximum atomic E-state index is 5.93. The van der Waals surface area contributed by atoms with Crippen molar-refractivity contribution in [2.24, 2.45) is 11.8 Å². The van der Waals surface area contributed by atoms with E-state index in [2.05, 4.69) is 6.92 Å². The molecule has 1 saturated carbocycles.